The lowest BCUT2D eigenvalue weighted by atomic mass is 10.1. The highest BCUT2D eigenvalue weighted by molar-refractivity contribution is 7.16. The van der Waals surface area contributed by atoms with E-state index in [9.17, 15) is 20.1 Å². The highest BCUT2D eigenvalue weighted by Crippen LogP contribution is 2.36. The fourth-order valence-corrected chi connectivity index (χ4v) is 5.35. The minimum absolute atomic E-state index is 0.0676. The van der Waals surface area contributed by atoms with Crippen LogP contribution in [0, 0.1) is 36.5 Å². The molecule has 1 atom stereocenters. The van der Waals surface area contributed by atoms with Crippen molar-refractivity contribution in [2.45, 2.75) is 59.7 Å². The monoisotopic (exact) mass is 729 g/mol. The number of benzene rings is 1. The summed E-state index contributed by atoms with van der Waals surface area (Å²) in [6.07, 6.45) is 0.818. The molecule has 0 fully saturated rings. The summed E-state index contributed by atoms with van der Waals surface area (Å²) in [6.45, 7) is 15.3. The van der Waals surface area contributed by atoms with Crippen LogP contribution in [-0.2, 0) is 42.7 Å². The van der Waals surface area contributed by atoms with E-state index >= 15 is 0 Å². The van der Waals surface area contributed by atoms with Crippen molar-refractivity contribution in [1.29, 1.82) is 10.5 Å². The number of nitrogens with zero attached hydrogens (tertiary/aromatic N) is 5. The van der Waals surface area contributed by atoms with Crippen LogP contribution in [0.25, 0.3) is 0 Å². The van der Waals surface area contributed by atoms with Gasteiger partial charge in [-0.2, -0.15) is 10.5 Å². The molecule has 51 heavy (non-hydrogen) atoms. The normalized spacial score (nSPS) is 11.8. The Labute approximate surface area is 305 Å². The number of aldehydes is 1. The summed E-state index contributed by atoms with van der Waals surface area (Å²) in [7, 11) is 0. The predicted molar refractivity (Wildman–Crippen MR) is 192 cm³/mol. The van der Waals surface area contributed by atoms with Crippen molar-refractivity contribution >= 4 is 40.0 Å². The third-order valence-electron chi connectivity index (χ3n) is 7.21. The van der Waals surface area contributed by atoms with E-state index in [4.69, 9.17) is 33.2 Å². The van der Waals surface area contributed by atoms with Crippen LogP contribution in [0.5, 0.6) is 0 Å². The molecule has 0 amide bonds. The summed E-state index contributed by atoms with van der Waals surface area (Å²) in [5.74, 6) is -0.410. The Morgan fingerprint density at radius 1 is 0.902 bits per heavy atom. The van der Waals surface area contributed by atoms with Crippen LogP contribution < -0.4 is 4.90 Å². The van der Waals surface area contributed by atoms with Gasteiger partial charge in [0.25, 0.3) is 0 Å². The maximum atomic E-state index is 11.3. The first-order valence-electron chi connectivity index (χ1n) is 17.1. The van der Waals surface area contributed by atoms with Crippen LogP contribution in [0.1, 0.15) is 55.2 Å². The Hall–Kier alpha value is -3.80. The van der Waals surface area contributed by atoms with Crippen LogP contribution in [-0.4, -0.2) is 110 Å². The van der Waals surface area contributed by atoms with Gasteiger partial charge in [0.15, 0.2) is 5.00 Å². The second kappa shape index (κ2) is 26.0. The van der Waals surface area contributed by atoms with Gasteiger partial charge >= 0.3 is 5.97 Å². The largest absolute Gasteiger partial charge is 0.463 e. The molecule has 0 aliphatic heterocycles. The zero-order valence-corrected chi connectivity index (χ0v) is 31.2. The molecule has 0 N–H and O–H groups in total. The first-order chi connectivity index (χ1) is 24.7. The molecule has 2 aromatic rings. The van der Waals surface area contributed by atoms with Gasteiger partial charge in [-0.15, -0.1) is 21.6 Å². The van der Waals surface area contributed by atoms with Gasteiger partial charge in [-0.05, 0) is 63.9 Å². The number of aryl methyl sites for hydroxylation is 1. The molecule has 0 bridgehead atoms. The zero-order valence-electron chi connectivity index (χ0n) is 30.4. The average Bonchev–Trinajstić information content (AvgIpc) is 3.44. The van der Waals surface area contributed by atoms with Crippen molar-refractivity contribution in [3.63, 3.8) is 0 Å². The molecule has 0 saturated carbocycles. The molecule has 2 rings (SSSR count). The molecule has 1 heterocycles. The van der Waals surface area contributed by atoms with E-state index in [1.54, 1.807) is 6.92 Å². The number of hydrogen-bond donors (Lipinski definition) is 0. The van der Waals surface area contributed by atoms with Gasteiger partial charge in [0, 0.05) is 25.2 Å². The van der Waals surface area contributed by atoms with Gasteiger partial charge in [-0.25, -0.2) is 0 Å². The number of anilines is 1. The molecule has 15 heteroatoms. The SMILES string of the molecule is CCN(CC(COC(C)C)OCCOCCOCCOCCOCCOC(=O)CCC=O)c1ccc(N=Nc2sc(C#N)c(C)c2C#N)c(C)c1. The topological polar surface area (TPSA) is 174 Å². The highest BCUT2D eigenvalue weighted by Gasteiger charge is 2.18. The Kier molecular flexibility index (Phi) is 22.1. The van der Waals surface area contributed by atoms with Gasteiger partial charge in [-0.1, -0.05) is 0 Å². The standard InChI is InChI=1S/C36H51N5O9S/c1-6-41(30-9-10-33(28(4)22-30)39-40-36-32(23-37)29(5)34(24-38)51-36)25-31(26-50-27(2)3)48-20-18-46-16-14-44-12-13-45-15-17-47-19-21-49-35(43)8-7-11-42/h9-11,22,27,31H,6-8,12-21,25-26H2,1-5H3. The number of rotatable bonds is 28. The molecule has 0 aliphatic rings. The lowest BCUT2D eigenvalue weighted by Gasteiger charge is -2.29. The highest BCUT2D eigenvalue weighted by atomic mass is 32.1. The van der Waals surface area contributed by atoms with Crippen molar-refractivity contribution in [1.82, 2.24) is 0 Å². The lowest BCUT2D eigenvalue weighted by Crippen LogP contribution is -2.38. The number of carbonyl (C=O) groups is 2. The second-order valence-corrected chi connectivity index (χ2v) is 12.4. The fourth-order valence-electron chi connectivity index (χ4n) is 4.47. The first-order valence-corrected chi connectivity index (χ1v) is 17.9. The van der Waals surface area contributed by atoms with Crippen LogP contribution in [0.2, 0.25) is 0 Å². The number of azo groups is 1. The Morgan fingerprint density at radius 2 is 1.53 bits per heavy atom. The number of ether oxygens (including phenoxy) is 7. The molecular formula is C36H51N5O9S. The maximum absolute atomic E-state index is 11.3. The van der Waals surface area contributed by atoms with Crippen LogP contribution in [0.3, 0.4) is 0 Å². The van der Waals surface area contributed by atoms with Gasteiger partial charge < -0.3 is 42.9 Å². The maximum Gasteiger partial charge on any atom is 0.306 e. The molecule has 280 valence electrons. The van der Waals surface area contributed by atoms with Gasteiger partial charge in [0.1, 0.15) is 29.9 Å². The minimum atomic E-state index is -0.410. The number of carbonyl (C=O) groups excluding carboxylic acids is 2. The van der Waals surface area contributed by atoms with E-state index < -0.39 is 5.97 Å². The van der Waals surface area contributed by atoms with E-state index in [1.165, 1.54) is 0 Å². The van der Waals surface area contributed by atoms with Crippen molar-refractivity contribution in [2.75, 3.05) is 90.7 Å². The summed E-state index contributed by atoms with van der Waals surface area (Å²) in [5, 5.41) is 27.9. The van der Waals surface area contributed by atoms with E-state index in [-0.39, 0.29) is 38.3 Å². The Morgan fingerprint density at radius 3 is 2.08 bits per heavy atom. The first kappa shape index (κ1) is 43.4. The smallest absolute Gasteiger partial charge is 0.306 e. The van der Waals surface area contributed by atoms with Crippen molar-refractivity contribution in [2.24, 2.45) is 10.2 Å². The molecular weight excluding hydrogens is 678 g/mol. The van der Waals surface area contributed by atoms with Crippen molar-refractivity contribution in [3.05, 3.63) is 39.8 Å². The number of nitriles is 2. The lowest BCUT2D eigenvalue weighted by molar-refractivity contribution is -0.145. The summed E-state index contributed by atoms with van der Waals surface area (Å²) < 4.78 is 39.0. The van der Waals surface area contributed by atoms with E-state index in [1.807, 2.05) is 39.0 Å². The molecule has 1 aromatic heterocycles. The zero-order chi connectivity index (χ0) is 37.3. The summed E-state index contributed by atoms with van der Waals surface area (Å²) in [5.41, 5.74) is 3.63. The minimum Gasteiger partial charge on any atom is -0.463 e. The summed E-state index contributed by atoms with van der Waals surface area (Å²) in [4.78, 5) is 24.2. The second-order valence-electron chi connectivity index (χ2n) is 11.4. The molecule has 1 unspecified atom stereocenters. The molecule has 0 spiro atoms. The molecule has 14 nitrogen and oxygen atoms in total. The summed E-state index contributed by atoms with van der Waals surface area (Å²) in [6, 6.07) is 10.2. The van der Waals surface area contributed by atoms with E-state index in [0.29, 0.717) is 99.0 Å². The van der Waals surface area contributed by atoms with Crippen molar-refractivity contribution < 1.29 is 42.7 Å². The van der Waals surface area contributed by atoms with Crippen molar-refractivity contribution in [3.8, 4) is 12.1 Å². The number of esters is 1. The molecule has 1 aromatic carbocycles. The van der Waals surface area contributed by atoms with Crippen LogP contribution in [0.4, 0.5) is 16.4 Å². The number of thiophene rings is 1. The Balaban J connectivity index is 1.70. The molecule has 0 radical (unpaired) electrons. The van der Waals surface area contributed by atoms with Gasteiger partial charge in [0.2, 0.25) is 0 Å². The molecule has 0 saturated heterocycles. The predicted octanol–water partition coefficient (Wildman–Crippen LogP) is 5.75. The quantitative estimate of drug-likeness (QED) is 0.0450. The number of hydrogen-bond acceptors (Lipinski definition) is 15. The Bertz CT molecular complexity index is 1440. The average molecular weight is 730 g/mol. The molecule has 0 aliphatic carbocycles. The third-order valence-corrected chi connectivity index (χ3v) is 8.29. The van der Waals surface area contributed by atoms with Gasteiger partial charge in [-0.3, -0.25) is 4.79 Å². The summed E-state index contributed by atoms with van der Waals surface area (Å²) >= 11 is 1.16. The van der Waals surface area contributed by atoms with Crippen LogP contribution >= 0.6 is 11.3 Å². The van der Waals surface area contributed by atoms with Crippen LogP contribution in [0.15, 0.2) is 28.4 Å². The van der Waals surface area contributed by atoms with E-state index in [0.717, 1.165) is 29.1 Å². The third kappa shape index (κ3) is 17.3. The van der Waals surface area contributed by atoms with E-state index in [2.05, 4.69) is 34.2 Å². The fraction of sp³-hybridized carbons (Fsp3) is 0.611. The van der Waals surface area contributed by atoms with Gasteiger partial charge in [0.05, 0.1) is 95.9 Å². The number of likely N-dealkylation sites (N-methyl/N-ethyl adjacent to an activating group) is 1.